The molecule has 0 aliphatic rings. The molecular formula is C11H19ClN2O3S. The molecule has 1 aromatic heterocycles. The van der Waals surface area contributed by atoms with Crippen LogP contribution in [0, 0.1) is 5.92 Å². The number of aromatic nitrogens is 2. The van der Waals surface area contributed by atoms with Gasteiger partial charge in [0.05, 0.1) is 18.5 Å². The van der Waals surface area contributed by atoms with E-state index < -0.39 is 9.05 Å². The summed E-state index contributed by atoms with van der Waals surface area (Å²) in [5.74, 6) is 0.386. The van der Waals surface area contributed by atoms with Crippen molar-refractivity contribution >= 4 is 19.7 Å². The molecule has 7 heteroatoms. The van der Waals surface area contributed by atoms with Crippen LogP contribution >= 0.6 is 10.7 Å². The van der Waals surface area contributed by atoms with Crippen LogP contribution in [-0.2, 0) is 20.4 Å². The summed E-state index contributed by atoms with van der Waals surface area (Å²) in [6, 6.07) is 0.0508. The summed E-state index contributed by atoms with van der Waals surface area (Å²) >= 11 is 0. The van der Waals surface area contributed by atoms with Gasteiger partial charge in [0.15, 0.2) is 0 Å². The first kappa shape index (κ1) is 15.5. The van der Waals surface area contributed by atoms with Crippen LogP contribution in [0.3, 0.4) is 0 Å². The van der Waals surface area contributed by atoms with E-state index in [4.69, 9.17) is 15.4 Å². The Hall–Kier alpha value is -0.590. The van der Waals surface area contributed by atoms with E-state index in [-0.39, 0.29) is 17.5 Å². The highest BCUT2D eigenvalue weighted by molar-refractivity contribution is 8.13. The largest absolute Gasteiger partial charge is 0.375 e. The van der Waals surface area contributed by atoms with Crippen molar-refractivity contribution in [1.29, 1.82) is 0 Å². The zero-order chi connectivity index (χ0) is 13.9. The molecule has 5 nitrogen and oxygen atoms in total. The summed E-state index contributed by atoms with van der Waals surface area (Å²) in [6.07, 6.45) is 1.27. The van der Waals surface area contributed by atoms with E-state index in [2.05, 4.69) is 5.10 Å². The standard InChI is InChI=1S/C11H19ClN2O3S/c1-8(2)6-17-7-10-11(18(12,15)16)5-13-14(10)9(3)4/h5,8-9H,6-7H2,1-4H3. The van der Waals surface area contributed by atoms with Crippen LogP contribution in [-0.4, -0.2) is 24.8 Å². The summed E-state index contributed by atoms with van der Waals surface area (Å²) in [4.78, 5) is 0.0293. The van der Waals surface area contributed by atoms with Crippen LogP contribution < -0.4 is 0 Å². The maximum absolute atomic E-state index is 11.4. The zero-order valence-electron chi connectivity index (χ0n) is 11.1. The SMILES string of the molecule is CC(C)COCc1c(S(=O)(=O)Cl)cnn1C(C)C. The van der Waals surface area contributed by atoms with E-state index in [1.807, 2.05) is 27.7 Å². The van der Waals surface area contributed by atoms with Crippen molar-refractivity contribution in [3.8, 4) is 0 Å². The predicted molar refractivity (Wildman–Crippen MR) is 70.1 cm³/mol. The zero-order valence-corrected chi connectivity index (χ0v) is 12.6. The molecule has 0 atom stereocenters. The Kier molecular flexibility index (Phi) is 5.19. The van der Waals surface area contributed by atoms with Crippen molar-refractivity contribution in [2.75, 3.05) is 6.61 Å². The molecule has 0 saturated carbocycles. The maximum Gasteiger partial charge on any atom is 0.264 e. The van der Waals surface area contributed by atoms with Gasteiger partial charge in [-0.3, -0.25) is 4.68 Å². The smallest absolute Gasteiger partial charge is 0.264 e. The molecule has 0 saturated heterocycles. The Morgan fingerprint density at radius 1 is 1.39 bits per heavy atom. The summed E-state index contributed by atoms with van der Waals surface area (Å²) in [7, 11) is 1.60. The Bertz CT molecular complexity index is 494. The van der Waals surface area contributed by atoms with Crippen molar-refractivity contribution < 1.29 is 13.2 Å². The van der Waals surface area contributed by atoms with Gasteiger partial charge in [-0.2, -0.15) is 5.10 Å². The second-order valence-electron chi connectivity index (χ2n) is 4.84. The van der Waals surface area contributed by atoms with E-state index in [0.717, 1.165) is 0 Å². The van der Waals surface area contributed by atoms with E-state index in [1.54, 1.807) is 4.68 Å². The number of hydrogen-bond acceptors (Lipinski definition) is 4. The fourth-order valence-electron chi connectivity index (χ4n) is 1.55. The molecule has 0 aliphatic heterocycles. The molecule has 1 heterocycles. The first-order valence-electron chi connectivity index (χ1n) is 5.82. The molecule has 0 aromatic carbocycles. The van der Waals surface area contributed by atoms with Gasteiger partial charge in [0.2, 0.25) is 0 Å². The Balaban J connectivity index is 3.01. The van der Waals surface area contributed by atoms with E-state index in [1.165, 1.54) is 6.20 Å². The van der Waals surface area contributed by atoms with E-state index >= 15 is 0 Å². The minimum atomic E-state index is -3.79. The summed E-state index contributed by atoms with van der Waals surface area (Å²) in [6.45, 7) is 8.65. The fourth-order valence-corrected chi connectivity index (χ4v) is 2.54. The lowest BCUT2D eigenvalue weighted by atomic mass is 10.2. The minimum absolute atomic E-state index is 0.0293. The van der Waals surface area contributed by atoms with Crippen molar-refractivity contribution in [2.45, 2.75) is 45.2 Å². The quantitative estimate of drug-likeness (QED) is 0.757. The number of hydrogen-bond donors (Lipinski definition) is 0. The van der Waals surface area contributed by atoms with Crippen molar-refractivity contribution in [1.82, 2.24) is 9.78 Å². The van der Waals surface area contributed by atoms with Gasteiger partial charge in [-0.1, -0.05) is 13.8 Å². The van der Waals surface area contributed by atoms with Crippen molar-refractivity contribution in [2.24, 2.45) is 5.92 Å². The summed E-state index contributed by atoms with van der Waals surface area (Å²) in [5.41, 5.74) is 0.501. The van der Waals surface area contributed by atoms with Gasteiger partial charge in [-0.15, -0.1) is 0 Å². The molecule has 0 spiro atoms. The number of rotatable bonds is 6. The highest BCUT2D eigenvalue weighted by Crippen LogP contribution is 2.23. The van der Waals surface area contributed by atoms with Gasteiger partial charge in [0.25, 0.3) is 9.05 Å². The second-order valence-corrected chi connectivity index (χ2v) is 7.38. The van der Waals surface area contributed by atoms with Crippen LogP contribution in [0.25, 0.3) is 0 Å². The second kappa shape index (κ2) is 6.04. The molecule has 0 radical (unpaired) electrons. The van der Waals surface area contributed by atoms with Crippen LogP contribution in [0.1, 0.15) is 39.4 Å². The van der Waals surface area contributed by atoms with Crippen LogP contribution in [0.2, 0.25) is 0 Å². The predicted octanol–water partition coefficient (Wildman–Crippen LogP) is 2.56. The summed E-state index contributed by atoms with van der Waals surface area (Å²) < 4.78 is 30.0. The molecule has 1 aromatic rings. The lowest BCUT2D eigenvalue weighted by molar-refractivity contribution is 0.0897. The summed E-state index contributed by atoms with van der Waals surface area (Å²) in [5, 5.41) is 4.05. The van der Waals surface area contributed by atoms with Gasteiger partial charge in [-0.05, 0) is 19.8 Å². The van der Waals surface area contributed by atoms with Gasteiger partial charge < -0.3 is 4.74 Å². The average Bonchev–Trinajstić information content (AvgIpc) is 2.60. The molecule has 0 N–H and O–H groups in total. The molecule has 0 bridgehead atoms. The molecule has 0 fully saturated rings. The molecule has 0 aliphatic carbocycles. The monoisotopic (exact) mass is 294 g/mol. The highest BCUT2D eigenvalue weighted by Gasteiger charge is 2.22. The third-order valence-corrected chi connectivity index (χ3v) is 3.67. The Morgan fingerprint density at radius 2 is 2.00 bits per heavy atom. The van der Waals surface area contributed by atoms with Gasteiger partial charge in [0, 0.05) is 23.3 Å². The minimum Gasteiger partial charge on any atom is -0.375 e. The Morgan fingerprint density at radius 3 is 2.44 bits per heavy atom. The van der Waals surface area contributed by atoms with E-state index in [0.29, 0.717) is 18.2 Å². The molecule has 104 valence electrons. The van der Waals surface area contributed by atoms with Crippen molar-refractivity contribution in [3.05, 3.63) is 11.9 Å². The van der Waals surface area contributed by atoms with Gasteiger partial charge in [-0.25, -0.2) is 8.42 Å². The Labute approximate surface area is 113 Å². The van der Waals surface area contributed by atoms with Gasteiger partial charge >= 0.3 is 0 Å². The van der Waals surface area contributed by atoms with E-state index in [9.17, 15) is 8.42 Å². The first-order chi connectivity index (χ1) is 8.23. The molecule has 0 unspecified atom stereocenters. The van der Waals surface area contributed by atoms with Crippen molar-refractivity contribution in [3.63, 3.8) is 0 Å². The molecule has 18 heavy (non-hydrogen) atoms. The molecule has 1 rings (SSSR count). The van der Waals surface area contributed by atoms with Crippen LogP contribution in [0.15, 0.2) is 11.1 Å². The molecule has 0 amide bonds. The number of ether oxygens (including phenoxy) is 1. The van der Waals surface area contributed by atoms with Crippen LogP contribution in [0.5, 0.6) is 0 Å². The third kappa shape index (κ3) is 3.96. The molecular weight excluding hydrogens is 276 g/mol. The first-order valence-corrected chi connectivity index (χ1v) is 8.13. The van der Waals surface area contributed by atoms with Gasteiger partial charge in [0.1, 0.15) is 4.90 Å². The maximum atomic E-state index is 11.4. The number of halogens is 1. The average molecular weight is 295 g/mol. The highest BCUT2D eigenvalue weighted by atomic mass is 35.7. The lowest BCUT2D eigenvalue weighted by Gasteiger charge is -2.13. The number of nitrogens with zero attached hydrogens (tertiary/aromatic N) is 2. The third-order valence-electron chi connectivity index (χ3n) is 2.30. The lowest BCUT2D eigenvalue weighted by Crippen LogP contribution is -2.12. The normalized spacial score (nSPS) is 12.6. The fraction of sp³-hybridized carbons (Fsp3) is 0.727. The van der Waals surface area contributed by atoms with Crippen LogP contribution in [0.4, 0.5) is 0 Å². The topological polar surface area (TPSA) is 61.2 Å².